The molecule has 0 aromatic heterocycles. The van der Waals surface area contributed by atoms with Gasteiger partial charge in [0.15, 0.2) is 0 Å². The van der Waals surface area contributed by atoms with Crippen molar-refractivity contribution in [2.24, 2.45) is 5.73 Å². The van der Waals surface area contributed by atoms with E-state index in [1.54, 1.807) is 0 Å². The molecule has 0 aliphatic heterocycles. The van der Waals surface area contributed by atoms with Gasteiger partial charge in [-0.15, -0.1) is 11.8 Å². The fourth-order valence-electron chi connectivity index (χ4n) is 1.01. The Balaban J connectivity index is 2.80. The molecule has 1 nitrogen and oxygen atoms in total. The maximum Gasteiger partial charge on any atom is 0.0273 e. The van der Waals surface area contributed by atoms with E-state index in [9.17, 15) is 0 Å². The van der Waals surface area contributed by atoms with Gasteiger partial charge in [-0.25, -0.2) is 0 Å². The van der Waals surface area contributed by atoms with Crippen LogP contribution in [0.25, 0.3) is 0 Å². The van der Waals surface area contributed by atoms with Gasteiger partial charge < -0.3 is 5.73 Å². The number of benzene rings is 1. The third-order valence-corrected chi connectivity index (χ3v) is 3.37. The summed E-state index contributed by atoms with van der Waals surface area (Å²) in [5.41, 5.74) is 7.01. The summed E-state index contributed by atoms with van der Waals surface area (Å²) >= 11 is 1.85. The van der Waals surface area contributed by atoms with E-state index < -0.39 is 0 Å². The van der Waals surface area contributed by atoms with E-state index in [0.717, 1.165) is 0 Å². The van der Waals surface area contributed by atoms with Gasteiger partial charge in [-0.3, -0.25) is 0 Å². The van der Waals surface area contributed by atoms with Gasteiger partial charge in [0.25, 0.3) is 0 Å². The summed E-state index contributed by atoms with van der Waals surface area (Å²) in [6, 6.07) is 8.42. The van der Waals surface area contributed by atoms with E-state index in [2.05, 4.69) is 45.0 Å². The molecule has 0 saturated heterocycles. The Morgan fingerprint density at radius 3 is 2.46 bits per heavy atom. The molecular formula is C11H17NS. The fourth-order valence-corrected chi connectivity index (χ4v) is 2.06. The SMILES string of the molecule is Cc1ccccc1SC(C)(C)CN. The topological polar surface area (TPSA) is 26.0 Å². The molecule has 1 aromatic carbocycles. The molecular weight excluding hydrogens is 178 g/mol. The van der Waals surface area contributed by atoms with Gasteiger partial charge in [0.05, 0.1) is 0 Å². The highest BCUT2D eigenvalue weighted by atomic mass is 32.2. The molecule has 0 heterocycles. The van der Waals surface area contributed by atoms with E-state index in [1.807, 2.05) is 11.8 Å². The van der Waals surface area contributed by atoms with Gasteiger partial charge in [-0.2, -0.15) is 0 Å². The average Bonchev–Trinajstić information content (AvgIpc) is 2.09. The predicted octanol–water partition coefficient (Wildman–Crippen LogP) is 2.82. The molecule has 0 unspecified atom stereocenters. The van der Waals surface area contributed by atoms with Crippen molar-refractivity contribution in [2.75, 3.05) is 6.54 Å². The first-order valence-corrected chi connectivity index (χ1v) is 5.31. The lowest BCUT2D eigenvalue weighted by Gasteiger charge is -2.22. The second-order valence-corrected chi connectivity index (χ2v) is 5.58. The zero-order valence-corrected chi connectivity index (χ0v) is 9.32. The van der Waals surface area contributed by atoms with Crippen LogP contribution in [0.1, 0.15) is 19.4 Å². The van der Waals surface area contributed by atoms with Gasteiger partial charge in [0, 0.05) is 16.2 Å². The van der Waals surface area contributed by atoms with E-state index >= 15 is 0 Å². The largest absolute Gasteiger partial charge is 0.329 e. The molecule has 72 valence electrons. The molecule has 0 radical (unpaired) electrons. The summed E-state index contributed by atoms with van der Waals surface area (Å²) in [5, 5.41) is 0. The number of hydrogen-bond acceptors (Lipinski definition) is 2. The Labute approximate surface area is 84.7 Å². The normalized spacial score (nSPS) is 11.7. The molecule has 0 fully saturated rings. The molecule has 2 N–H and O–H groups in total. The smallest absolute Gasteiger partial charge is 0.0273 e. The van der Waals surface area contributed by atoms with Crippen molar-refractivity contribution in [3.63, 3.8) is 0 Å². The van der Waals surface area contributed by atoms with Crippen LogP contribution in [-0.4, -0.2) is 11.3 Å². The number of hydrogen-bond donors (Lipinski definition) is 1. The lowest BCUT2D eigenvalue weighted by molar-refractivity contribution is 0.722. The van der Waals surface area contributed by atoms with Gasteiger partial charge >= 0.3 is 0 Å². The lowest BCUT2D eigenvalue weighted by Crippen LogP contribution is -2.26. The fraction of sp³-hybridized carbons (Fsp3) is 0.455. The third-order valence-electron chi connectivity index (χ3n) is 1.97. The van der Waals surface area contributed by atoms with E-state index in [1.165, 1.54) is 10.5 Å². The van der Waals surface area contributed by atoms with E-state index in [-0.39, 0.29) is 4.75 Å². The number of aryl methyl sites for hydroxylation is 1. The highest BCUT2D eigenvalue weighted by Crippen LogP contribution is 2.33. The summed E-state index contributed by atoms with van der Waals surface area (Å²) in [6.07, 6.45) is 0. The molecule has 1 aromatic rings. The van der Waals surface area contributed by atoms with Crippen LogP contribution in [0.4, 0.5) is 0 Å². The van der Waals surface area contributed by atoms with Gasteiger partial charge in [-0.1, -0.05) is 18.2 Å². The van der Waals surface area contributed by atoms with E-state index in [0.29, 0.717) is 6.54 Å². The molecule has 0 atom stereocenters. The maximum absolute atomic E-state index is 5.68. The first-order valence-electron chi connectivity index (χ1n) is 4.50. The molecule has 13 heavy (non-hydrogen) atoms. The molecule has 0 spiro atoms. The Hall–Kier alpha value is -0.470. The van der Waals surface area contributed by atoms with Crippen molar-refractivity contribution in [2.45, 2.75) is 30.4 Å². The second kappa shape index (κ2) is 4.16. The van der Waals surface area contributed by atoms with Gasteiger partial charge in [-0.05, 0) is 32.4 Å². The summed E-state index contributed by atoms with van der Waals surface area (Å²) in [4.78, 5) is 1.33. The minimum Gasteiger partial charge on any atom is -0.329 e. The Kier molecular flexibility index (Phi) is 3.40. The van der Waals surface area contributed by atoms with Crippen LogP contribution in [0.15, 0.2) is 29.2 Å². The van der Waals surface area contributed by atoms with Crippen LogP contribution in [0, 0.1) is 6.92 Å². The molecule has 0 saturated carbocycles. The van der Waals surface area contributed by atoms with Crippen molar-refractivity contribution >= 4 is 11.8 Å². The number of thioether (sulfide) groups is 1. The van der Waals surface area contributed by atoms with Gasteiger partial charge in [0.2, 0.25) is 0 Å². The molecule has 0 aliphatic rings. The Morgan fingerprint density at radius 2 is 1.92 bits per heavy atom. The maximum atomic E-state index is 5.68. The molecule has 0 aliphatic carbocycles. The summed E-state index contributed by atoms with van der Waals surface area (Å²) in [5.74, 6) is 0. The van der Waals surface area contributed by atoms with Crippen LogP contribution in [-0.2, 0) is 0 Å². The minimum absolute atomic E-state index is 0.131. The van der Waals surface area contributed by atoms with Crippen molar-refractivity contribution < 1.29 is 0 Å². The molecule has 2 heteroatoms. The van der Waals surface area contributed by atoms with Gasteiger partial charge in [0.1, 0.15) is 0 Å². The van der Waals surface area contributed by atoms with Crippen LogP contribution in [0.2, 0.25) is 0 Å². The van der Waals surface area contributed by atoms with Crippen molar-refractivity contribution in [3.05, 3.63) is 29.8 Å². The summed E-state index contributed by atoms with van der Waals surface area (Å²) < 4.78 is 0.131. The molecule has 0 bridgehead atoms. The Bertz CT molecular complexity index is 281. The first-order chi connectivity index (χ1) is 6.05. The van der Waals surface area contributed by atoms with Crippen LogP contribution < -0.4 is 5.73 Å². The summed E-state index contributed by atoms with van der Waals surface area (Å²) in [6.45, 7) is 7.18. The predicted molar refractivity (Wildman–Crippen MR) is 60.2 cm³/mol. The first kappa shape index (κ1) is 10.6. The van der Waals surface area contributed by atoms with Crippen LogP contribution in [0.5, 0.6) is 0 Å². The number of rotatable bonds is 3. The highest BCUT2D eigenvalue weighted by molar-refractivity contribution is 8.00. The Morgan fingerprint density at radius 1 is 1.31 bits per heavy atom. The van der Waals surface area contributed by atoms with Crippen molar-refractivity contribution in [1.82, 2.24) is 0 Å². The zero-order valence-electron chi connectivity index (χ0n) is 8.50. The molecule has 0 amide bonds. The highest BCUT2D eigenvalue weighted by Gasteiger charge is 2.17. The monoisotopic (exact) mass is 195 g/mol. The van der Waals surface area contributed by atoms with Crippen molar-refractivity contribution in [3.8, 4) is 0 Å². The lowest BCUT2D eigenvalue weighted by atomic mass is 10.2. The molecule has 1 rings (SSSR count). The van der Waals surface area contributed by atoms with E-state index in [4.69, 9.17) is 5.73 Å². The second-order valence-electron chi connectivity index (χ2n) is 3.83. The van der Waals surface area contributed by atoms with Crippen molar-refractivity contribution in [1.29, 1.82) is 0 Å². The minimum atomic E-state index is 0.131. The van der Waals surface area contributed by atoms with Crippen LogP contribution >= 0.6 is 11.8 Å². The quantitative estimate of drug-likeness (QED) is 0.751. The number of nitrogens with two attached hydrogens (primary N) is 1. The zero-order chi connectivity index (χ0) is 9.90. The summed E-state index contributed by atoms with van der Waals surface area (Å²) in [7, 11) is 0. The standard InChI is InChI=1S/C11H17NS/c1-9-6-4-5-7-10(9)13-11(2,3)8-12/h4-7H,8,12H2,1-3H3. The third kappa shape index (κ3) is 3.05. The average molecular weight is 195 g/mol. The van der Waals surface area contributed by atoms with Crippen LogP contribution in [0.3, 0.4) is 0 Å².